The van der Waals surface area contributed by atoms with Gasteiger partial charge in [0.15, 0.2) is 12.4 Å². The molecule has 0 saturated heterocycles. The van der Waals surface area contributed by atoms with Crippen molar-refractivity contribution in [1.29, 1.82) is 0 Å². The van der Waals surface area contributed by atoms with Crippen LogP contribution in [0.3, 0.4) is 0 Å². The summed E-state index contributed by atoms with van der Waals surface area (Å²) in [5.41, 5.74) is 13.5. The minimum absolute atomic E-state index is 0.0522. The number of ether oxygens (including phenoxy) is 1. The molecule has 3 heterocycles. The first-order valence-electron chi connectivity index (χ1n) is 9.05. The highest BCUT2D eigenvalue weighted by Gasteiger charge is 2.30. The van der Waals surface area contributed by atoms with Crippen LogP contribution in [0.1, 0.15) is 27.7 Å². The normalized spacial score (nSPS) is 15.8. The Morgan fingerprint density at radius 3 is 2.65 bits per heavy atom. The molecular formula is C19H16F3N7O2. The standard InChI is InChI=1S/C19H16F3N7O2/c20-19(21,22)8-31-17-15(23)25-7-14(28-17)10-4-2-1-3-9(10)12-5-13-11(16(30)27-12)6-26-18(24)29-13/h1-4,6-7,12H,5,8H2,(H2,23,25)(H,27,30)(H2,24,26,29)/t12-/m1/s1. The van der Waals surface area contributed by atoms with Gasteiger partial charge in [0.1, 0.15) is 0 Å². The molecule has 5 N–H and O–H groups in total. The Hall–Kier alpha value is -3.96. The van der Waals surface area contributed by atoms with E-state index in [0.717, 1.165) is 0 Å². The Morgan fingerprint density at radius 1 is 1.10 bits per heavy atom. The van der Waals surface area contributed by atoms with Gasteiger partial charge in [-0.1, -0.05) is 24.3 Å². The van der Waals surface area contributed by atoms with Crippen LogP contribution in [-0.4, -0.2) is 38.6 Å². The lowest BCUT2D eigenvalue weighted by atomic mass is 9.91. The third-order valence-electron chi connectivity index (χ3n) is 4.59. The van der Waals surface area contributed by atoms with Crippen LogP contribution in [0.25, 0.3) is 11.3 Å². The summed E-state index contributed by atoms with van der Waals surface area (Å²) in [6.07, 6.45) is -1.52. The van der Waals surface area contributed by atoms with E-state index in [4.69, 9.17) is 16.2 Å². The van der Waals surface area contributed by atoms with Crippen LogP contribution in [0.2, 0.25) is 0 Å². The number of hydrogen-bond acceptors (Lipinski definition) is 8. The second-order valence-corrected chi connectivity index (χ2v) is 6.76. The van der Waals surface area contributed by atoms with E-state index in [-0.39, 0.29) is 23.4 Å². The zero-order valence-electron chi connectivity index (χ0n) is 15.8. The fraction of sp³-hybridized carbons (Fsp3) is 0.211. The summed E-state index contributed by atoms with van der Waals surface area (Å²) in [4.78, 5) is 28.5. The van der Waals surface area contributed by atoms with Crippen molar-refractivity contribution in [3.8, 4) is 17.1 Å². The van der Waals surface area contributed by atoms with E-state index < -0.39 is 24.7 Å². The minimum Gasteiger partial charge on any atom is -0.465 e. The highest BCUT2D eigenvalue weighted by Crippen LogP contribution is 2.33. The molecule has 0 radical (unpaired) electrons. The molecule has 1 aliphatic heterocycles. The van der Waals surface area contributed by atoms with Crippen LogP contribution in [0.4, 0.5) is 24.9 Å². The van der Waals surface area contributed by atoms with Crippen molar-refractivity contribution >= 4 is 17.7 Å². The number of fused-ring (bicyclic) bond motifs is 1. The zero-order chi connectivity index (χ0) is 22.2. The molecule has 12 heteroatoms. The number of rotatable bonds is 4. The number of benzene rings is 1. The Morgan fingerprint density at radius 2 is 1.87 bits per heavy atom. The number of nitrogen functional groups attached to an aromatic ring is 2. The van der Waals surface area contributed by atoms with Crippen molar-refractivity contribution in [3.05, 3.63) is 53.5 Å². The molecule has 2 aromatic heterocycles. The third kappa shape index (κ3) is 4.32. The van der Waals surface area contributed by atoms with Crippen LogP contribution < -0.4 is 21.5 Å². The lowest BCUT2D eigenvalue weighted by Gasteiger charge is -2.26. The molecule has 31 heavy (non-hydrogen) atoms. The summed E-state index contributed by atoms with van der Waals surface area (Å²) < 4.78 is 42.3. The van der Waals surface area contributed by atoms with E-state index in [1.807, 2.05) is 0 Å². The summed E-state index contributed by atoms with van der Waals surface area (Å²) in [6, 6.07) is 6.49. The first-order chi connectivity index (χ1) is 14.7. The van der Waals surface area contributed by atoms with Gasteiger partial charge in [0.2, 0.25) is 5.95 Å². The second-order valence-electron chi connectivity index (χ2n) is 6.76. The lowest BCUT2D eigenvalue weighted by Crippen LogP contribution is -2.36. The van der Waals surface area contributed by atoms with E-state index in [2.05, 4.69) is 25.3 Å². The smallest absolute Gasteiger partial charge is 0.422 e. The summed E-state index contributed by atoms with van der Waals surface area (Å²) in [7, 11) is 0. The number of aromatic nitrogens is 4. The van der Waals surface area contributed by atoms with E-state index in [1.165, 1.54) is 12.4 Å². The highest BCUT2D eigenvalue weighted by molar-refractivity contribution is 5.96. The lowest BCUT2D eigenvalue weighted by molar-refractivity contribution is -0.154. The van der Waals surface area contributed by atoms with Crippen LogP contribution in [0, 0.1) is 0 Å². The number of nitrogens with zero attached hydrogens (tertiary/aromatic N) is 4. The largest absolute Gasteiger partial charge is 0.465 e. The Balaban J connectivity index is 1.69. The van der Waals surface area contributed by atoms with Gasteiger partial charge in [-0.25, -0.2) is 19.9 Å². The maximum Gasteiger partial charge on any atom is 0.422 e. The summed E-state index contributed by atoms with van der Waals surface area (Å²) in [5, 5.41) is 2.88. The number of anilines is 2. The molecule has 1 atom stereocenters. The Bertz CT molecular complexity index is 1150. The average Bonchev–Trinajstić information content (AvgIpc) is 2.72. The predicted molar refractivity (Wildman–Crippen MR) is 104 cm³/mol. The first kappa shape index (κ1) is 20.3. The molecule has 0 spiro atoms. The fourth-order valence-electron chi connectivity index (χ4n) is 3.25. The second kappa shape index (κ2) is 7.70. The first-order valence-corrected chi connectivity index (χ1v) is 9.05. The van der Waals surface area contributed by atoms with E-state index in [0.29, 0.717) is 28.8 Å². The van der Waals surface area contributed by atoms with E-state index in [1.54, 1.807) is 24.3 Å². The molecule has 1 aliphatic rings. The third-order valence-corrected chi connectivity index (χ3v) is 4.59. The molecule has 1 amide bonds. The molecular weight excluding hydrogens is 415 g/mol. The van der Waals surface area contributed by atoms with Gasteiger partial charge < -0.3 is 21.5 Å². The van der Waals surface area contributed by atoms with Crippen molar-refractivity contribution in [2.24, 2.45) is 0 Å². The van der Waals surface area contributed by atoms with Gasteiger partial charge in [-0.2, -0.15) is 13.2 Å². The molecule has 0 aliphatic carbocycles. The zero-order valence-corrected chi connectivity index (χ0v) is 15.8. The summed E-state index contributed by atoms with van der Waals surface area (Å²) >= 11 is 0. The van der Waals surface area contributed by atoms with Crippen LogP contribution >= 0.6 is 0 Å². The molecule has 0 bridgehead atoms. The van der Waals surface area contributed by atoms with E-state index in [9.17, 15) is 18.0 Å². The topological polar surface area (TPSA) is 142 Å². The number of nitrogens with two attached hydrogens (primary N) is 2. The molecule has 0 saturated carbocycles. The van der Waals surface area contributed by atoms with Gasteiger partial charge in [-0.05, 0) is 5.56 Å². The molecule has 0 unspecified atom stereocenters. The van der Waals surface area contributed by atoms with Crippen molar-refractivity contribution in [2.45, 2.75) is 18.6 Å². The maximum absolute atomic E-state index is 12.5. The minimum atomic E-state index is -4.55. The highest BCUT2D eigenvalue weighted by atomic mass is 19.4. The van der Waals surface area contributed by atoms with E-state index >= 15 is 0 Å². The van der Waals surface area contributed by atoms with Gasteiger partial charge in [-0.15, -0.1) is 0 Å². The number of carbonyl (C=O) groups excluding carboxylic acids is 1. The number of amides is 1. The molecule has 1 aromatic carbocycles. The van der Waals surface area contributed by atoms with Crippen LogP contribution in [0.5, 0.6) is 5.88 Å². The Labute approximate surface area is 173 Å². The number of halogens is 3. The number of carbonyl (C=O) groups is 1. The molecule has 3 aromatic rings. The SMILES string of the molecule is Nc1ncc2c(n1)C[C@H](c1ccccc1-c1cnc(N)c(OCC(F)(F)F)n1)NC2=O. The van der Waals surface area contributed by atoms with Gasteiger partial charge in [0.25, 0.3) is 11.8 Å². The number of nitrogens with one attached hydrogen (secondary N) is 1. The molecule has 4 rings (SSSR count). The average molecular weight is 431 g/mol. The van der Waals surface area contributed by atoms with Gasteiger partial charge in [0, 0.05) is 18.2 Å². The Kier molecular flexibility index (Phi) is 5.05. The van der Waals surface area contributed by atoms with Gasteiger partial charge in [-0.3, -0.25) is 4.79 Å². The molecule has 160 valence electrons. The number of alkyl halides is 3. The monoisotopic (exact) mass is 431 g/mol. The van der Waals surface area contributed by atoms with Crippen molar-refractivity contribution < 1.29 is 22.7 Å². The quantitative estimate of drug-likeness (QED) is 0.570. The predicted octanol–water partition coefficient (Wildman–Crippen LogP) is 2.07. The van der Waals surface area contributed by atoms with Gasteiger partial charge >= 0.3 is 6.18 Å². The summed E-state index contributed by atoms with van der Waals surface area (Å²) in [6.45, 7) is -1.55. The maximum atomic E-state index is 12.5. The summed E-state index contributed by atoms with van der Waals surface area (Å²) in [5.74, 6) is -1.00. The van der Waals surface area contributed by atoms with Crippen molar-refractivity contribution in [2.75, 3.05) is 18.1 Å². The van der Waals surface area contributed by atoms with Crippen molar-refractivity contribution in [1.82, 2.24) is 25.3 Å². The van der Waals surface area contributed by atoms with Crippen LogP contribution in [0.15, 0.2) is 36.7 Å². The molecule has 0 fully saturated rings. The molecule has 9 nitrogen and oxygen atoms in total. The van der Waals surface area contributed by atoms with Crippen LogP contribution in [-0.2, 0) is 6.42 Å². The number of hydrogen-bond donors (Lipinski definition) is 3. The fourth-order valence-corrected chi connectivity index (χ4v) is 3.25. The van der Waals surface area contributed by atoms with Crippen molar-refractivity contribution in [3.63, 3.8) is 0 Å². The van der Waals surface area contributed by atoms with Gasteiger partial charge in [0.05, 0.1) is 29.2 Å².